The van der Waals surface area contributed by atoms with Gasteiger partial charge in [0.2, 0.25) is 0 Å². The number of aryl methyl sites for hydroxylation is 1. The van der Waals surface area contributed by atoms with Crippen molar-refractivity contribution in [1.29, 1.82) is 0 Å². The molecule has 0 spiro atoms. The fraction of sp³-hybridized carbons (Fsp3) is 0.133. The zero-order valence-electron chi connectivity index (χ0n) is 11.3. The third-order valence-electron chi connectivity index (χ3n) is 2.79. The molecule has 6 heteroatoms. The van der Waals surface area contributed by atoms with Crippen LogP contribution in [-0.2, 0) is 4.79 Å². The molecule has 21 heavy (non-hydrogen) atoms. The second-order valence-electron chi connectivity index (χ2n) is 4.49. The zero-order chi connectivity index (χ0) is 15.4. The van der Waals surface area contributed by atoms with E-state index in [1.165, 1.54) is 0 Å². The van der Waals surface area contributed by atoms with Gasteiger partial charge in [-0.05, 0) is 36.8 Å². The molecule has 0 unspecified atom stereocenters. The van der Waals surface area contributed by atoms with Crippen LogP contribution >= 0.6 is 0 Å². The molecule has 0 aliphatic heterocycles. The first-order valence-corrected chi connectivity index (χ1v) is 6.19. The Kier molecular flexibility index (Phi) is 4.37. The van der Waals surface area contributed by atoms with Crippen LogP contribution in [0.1, 0.15) is 5.56 Å². The standard InChI is InChI=1S/C15H14F2N2O2/c1-9-2-4-11(18)7-13(9)19-15(20)8-21-14-5-3-10(16)6-12(14)17/h2-7H,8,18H2,1H3,(H,19,20). The fourth-order valence-corrected chi connectivity index (χ4v) is 1.70. The van der Waals surface area contributed by atoms with Gasteiger partial charge in [0.25, 0.3) is 5.91 Å². The summed E-state index contributed by atoms with van der Waals surface area (Å²) >= 11 is 0. The summed E-state index contributed by atoms with van der Waals surface area (Å²) in [6, 6.07) is 7.98. The Morgan fingerprint density at radius 3 is 2.71 bits per heavy atom. The molecule has 0 aliphatic carbocycles. The number of benzene rings is 2. The smallest absolute Gasteiger partial charge is 0.262 e. The van der Waals surface area contributed by atoms with Gasteiger partial charge in [-0.3, -0.25) is 4.79 Å². The van der Waals surface area contributed by atoms with Gasteiger partial charge in [-0.15, -0.1) is 0 Å². The molecule has 2 aromatic carbocycles. The number of ether oxygens (including phenoxy) is 1. The van der Waals surface area contributed by atoms with Crippen molar-refractivity contribution >= 4 is 17.3 Å². The number of nitrogens with two attached hydrogens (primary N) is 1. The van der Waals surface area contributed by atoms with E-state index in [0.29, 0.717) is 17.4 Å². The molecule has 2 aromatic rings. The summed E-state index contributed by atoms with van der Waals surface area (Å²) in [5.41, 5.74) is 7.55. The van der Waals surface area contributed by atoms with Gasteiger partial charge in [-0.25, -0.2) is 8.78 Å². The van der Waals surface area contributed by atoms with Crippen molar-refractivity contribution in [2.45, 2.75) is 6.92 Å². The number of hydrogen-bond acceptors (Lipinski definition) is 3. The van der Waals surface area contributed by atoms with E-state index >= 15 is 0 Å². The first-order valence-electron chi connectivity index (χ1n) is 6.19. The van der Waals surface area contributed by atoms with E-state index in [9.17, 15) is 13.6 Å². The maximum Gasteiger partial charge on any atom is 0.262 e. The third kappa shape index (κ3) is 3.92. The molecule has 0 aliphatic rings. The summed E-state index contributed by atoms with van der Waals surface area (Å²) in [5, 5.41) is 2.61. The van der Waals surface area contributed by atoms with Crippen molar-refractivity contribution in [2.24, 2.45) is 0 Å². The molecule has 0 atom stereocenters. The molecule has 2 rings (SSSR count). The highest BCUT2D eigenvalue weighted by atomic mass is 19.1. The highest BCUT2D eigenvalue weighted by molar-refractivity contribution is 5.93. The summed E-state index contributed by atoms with van der Waals surface area (Å²) in [5.74, 6) is -2.22. The van der Waals surface area contributed by atoms with Crippen molar-refractivity contribution < 1.29 is 18.3 Å². The molecule has 4 nitrogen and oxygen atoms in total. The Morgan fingerprint density at radius 1 is 1.24 bits per heavy atom. The first-order chi connectivity index (χ1) is 9.95. The largest absolute Gasteiger partial charge is 0.481 e. The lowest BCUT2D eigenvalue weighted by molar-refractivity contribution is -0.118. The van der Waals surface area contributed by atoms with E-state index in [1.54, 1.807) is 18.2 Å². The van der Waals surface area contributed by atoms with Crippen LogP contribution in [0, 0.1) is 18.6 Å². The molecule has 0 fully saturated rings. The van der Waals surface area contributed by atoms with Gasteiger partial charge in [0.05, 0.1) is 0 Å². The SMILES string of the molecule is Cc1ccc(N)cc1NC(=O)COc1ccc(F)cc1F. The summed E-state index contributed by atoms with van der Waals surface area (Å²) < 4.78 is 31.1. The van der Waals surface area contributed by atoms with Crippen molar-refractivity contribution in [3.63, 3.8) is 0 Å². The van der Waals surface area contributed by atoms with Crippen LogP contribution in [-0.4, -0.2) is 12.5 Å². The Hall–Kier alpha value is -2.63. The number of nitrogen functional groups attached to an aromatic ring is 1. The van der Waals surface area contributed by atoms with E-state index in [0.717, 1.165) is 17.7 Å². The first kappa shape index (κ1) is 14.8. The second-order valence-corrected chi connectivity index (χ2v) is 4.49. The summed E-state index contributed by atoms with van der Waals surface area (Å²) in [4.78, 5) is 11.8. The van der Waals surface area contributed by atoms with Crippen LogP contribution in [0.25, 0.3) is 0 Å². The van der Waals surface area contributed by atoms with Crippen LogP contribution in [0.15, 0.2) is 36.4 Å². The molecule has 110 valence electrons. The molecule has 0 bridgehead atoms. The fourth-order valence-electron chi connectivity index (χ4n) is 1.70. The van der Waals surface area contributed by atoms with Gasteiger partial charge in [0.1, 0.15) is 5.82 Å². The summed E-state index contributed by atoms with van der Waals surface area (Å²) in [7, 11) is 0. The number of halogens is 2. The molecule has 0 saturated carbocycles. The maximum atomic E-state index is 13.3. The minimum atomic E-state index is -0.858. The Bertz CT molecular complexity index is 675. The lowest BCUT2D eigenvalue weighted by Crippen LogP contribution is -2.21. The number of rotatable bonds is 4. The van der Waals surface area contributed by atoms with Crippen molar-refractivity contribution in [1.82, 2.24) is 0 Å². The van der Waals surface area contributed by atoms with E-state index in [2.05, 4.69) is 5.32 Å². The normalized spacial score (nSPS) is 10.2. The van der Waals surface area contributed by atoms with Gasteiger partial charge in [0, 0.05) is 17.4 Å². The van der Waals surface area contributed by atoms with E-state index < -0.39 is 24.1 Å². The van der Waals surface area contributed by atoms with Crippen LogP contribution in [0.3, 0.4) is 0 Å². The average Bonchev–Trinajstić information content (AvgIpc) is 2.42. The van der Waals surface area contributed by atoms with Crippen molar-refractivity contribution in [2.75, 3.05) is 17.7 Å². The second kappa shape index (κ2) is 6.21. The van der Waals surface area contributed by atoms with Crippen LogP contribution < -0.4 is 15.8 Å². The Morgan fingerprint density at radius 2 is 2.00 bits per heavy atom. The Balaban J connectivity index is 1.97. The Labute approximate surface area is 120 Å². The molecular weight excluding hydrogens is 278 g/mol. The number of anilines is 2. The van der Waals surface area contributed by atoms with Crippen LogP contribution in [0.4, 0.5) is 20.2 Å². The summed E-state index contributed by atoms with van der Waals surface area (Å²) in [6.07, 6.45) is 0. The molecule has 0 saturated heterocycles. The topological polar surface area (TPSA) is 64.3 Å². The third-order valence-corrected chi connectivity index (χ3v) is 2.79. The maximum absolute atomic E-state index is 13.3. The van der Waals surface area contributed by atoms with Crippen molar-refractivity contribution in [3.05, 3.63) is 53.6 Å². The predicted molar refractivity (Wildman–Crippen MR) is 76.1 cm³/mol. The minimum Gasteiger partial charge on any atom is -0.481 e. The van der Waals surface area contributed by atoms with E-state index in [1.807, 2.05) is 6.92 Å². The number of carbonyl (C=O) groups is 1. The molecule has 0 heterocycles. The predicted octanol–water partition coefficient (Wildman–Crippen LogP) is 2.87. The summed E-state index contributed by atoms with van der Waals surface area (Å²) in [6.45, 7) is 1.42. The van der Waals surface area contributed by atoms with Crippen LogP contribution in [0.2, 0.25) is 0 Å². The molecular formula is C15H14F2N2O2. The van der Waals surface area contributed by atoms with E-state index in [-0.39, 0.29) is 5.75 Å². The molecule has 3 N–H and O–H groups in total. The van der Waals surface area contributed by atoms with Crippen molar-refractivity contribution in [3.8, 4) is 5.75 Å². The highest BCUT2D eigenvalue weighted by Crippen LogP contribution is 2.19. The highest BCUT2D eigenvalue weighted by Gasteiger charge is 2.09. The molecule has 1 amide bonds. The lowest BCUT2D eigenvalue weighted by atomic mass is 10.2. The van der Waals surface area contributed by atoms with Crippen LogP contribution in [0.5, 0.6) is 5.75 Å². The molecule has 0 aromatic heterocycles. The minimum absolute atomic E-state index is 0.184. The van der Waals surface area contributed by atoms with E-state index in [4.69, 9.17) is 10.5 Å². The number of carbonyl (C=O) groups excluding carboxylic acids is 1. The molecule has 0 radical (unpaired) electrons. The average molecular weight is 292 g/mol. The quantitative estimate of drug-likeness (QED) is 0.852. The zero-order valence-corrected chi connectivity index (χ0v) is 11.3. The number of hydrogen-bond donors (Lipinski definition) is 2. The van der Waals surface area contributed by atoms with Gasteiger partial charge < -0.3 is 15.8 Å². The van der Waals surface area contributed by atoms with Gasteiger partial charge >= 0.3 is 0 Å². The lowest BCUT2D eigenvalue weighted by Gasteiger charge is -2.10. The number of nitrogens with one attached hydrogen (secondary N) is 1. The van der Waals surface area contributed by atoms with Gasteiger partial charge in [0.15, 0.2) is 18.2 Å². The van der Waals surface area contributed by atoms with Gasteiger partial charge in [-0.1, -0.05) is 6.07 Å². The number of amides is 1. The monoisotopic (exact) mass is 292 g/mol. The van der Waals surface area contributed by atoms with Gasteiger partial charge in [-0.2, -0.15) is 0 Å².